The molecule has 0 unspecified atom stereocenters. The van der Waals surface area contributed by atoms with E-state index < -0.39 is 11.8 Å². The fourth-order valence-electron chi connectivity index (χ4n) is 2.00. The average Bonchev–Trinajstić information content (AvgIpc) is 2.90. The highest BCUT2D eigenvalue weighted by atomic mass is 32.2. The van der Waals surface area contributed by atoms with Gasteiger partial charge in [-0.25, -0.2) is 9.18 Å². The van der Waals surface area contributed by atoms with Gasteiger partial charge in [-0.3, -0.25) is 9.69 Å². The molecule has 1 aromatic carbocycles. The molecule has 2 rings (SSSR count). The zero-order valence-electron chi connectivity index (χ0n) is 12.5. The van der Waals surface area contributed by atoms with Gasteiger partial charge in [0.1, 0.15) is 16.9 Å². The SMILES string of the molecule is CCCCOC(=O)/C(C#N)=C1\SCC(=O)N1c1ccccc1F. The van der Waals surface area contributed by atoms with E-state index in [1.165, 1.54) is 18.2 Å². The van der Waals surface area contributed by atoms with E-state index >= 15 is 0 Å². The monoisotopic (exact) mass is 334 g/mol. The highest BCUT2D eigenvalue weighted by Gasteiger charge is 2.34. The van der Waals surface area contributed by atoms with Crippen molar-refractivity contribution >= 4 is 29.3 Å². The lowest BCUT2D eigenvalue weighted by atomic mass is 10.2. The van der Waals surface area contributed by atoms with E-state index in [0.29, 0.717) is 6.42 Å². The molecule has 1 fully saturated rings. The number of unbranched alkanes of at least 4 members (excludes halogenated alkanes) is 1. The number of carbonyl (C=O) groups is 2. The number of anilines is 1. The van der Waals surface area contributed by atoms with Crippen LogP contribution in [0.25, 0.3) is 0 Å². The minimum atomic E-state index is -0.792. The van der Waals surface area contributed by atoms with E-state index in [2.05, 4.69) is 0 Å². The van der Waals surface area contributed by atoms with Crippen LogP contribution in [-0.4, -0.2) is 24.2 Å². The third-order valence-electron chi connectivity index (χ3n) is 3.14. The van der Waals surface area contributed by atoms with Crippen LogP contribution in [0.3, 0.4) is 0 Å². The van der Waals surface area contributed by atoms with Gasteiger partial charge >= 0.3 is 5.97 Å². The maximum atomic E-state index is 14.0. The molecule has 0 N–H and O–H groups in total. The van der Waals surface area contributed by atoms with Crippen LogP contribution in [0.15, 0.2) is 34.9 Å². The number of esters is 1. The van der Waals surface area contributed by atoms with Crippen LogP contribution < -0.4 is 4.90 Å². The van der Waals surface area contributed by atoms with Crippen LogP contribution in [0.1, 0.15) is 19.8 Å². The lowest BCUT2D eigenvalue weighted by molar-refractivity contribution is -0.138. The van der Waals surface area contributed by atoms with Gasteiger partial charge in [-0.15, -0.1) is 0 Å². The average molecular weight is 334 g/mol. The smallest absolute Gasteiger partial charge is 0.351 e. The highest BCUT2D eigenvalue weighted by molar-refractivity contribution is 8.04. The molecule has 7 heteroatoms. The van der Waals surface area contributed by atoms with Crippen molar-refractivity contribution in [2.24, 2.45) is 0 Å². The standard InChI is InChI=1S/C16H15FN2O3S/c1-2-3-8-22-16(21)11(9-18)15-19(14(20)10-23-15)13-7-5-4-6-12(13)17/h4-7H,2-3,8,10H2,1H3/b15-11-. The maximum absolute atomic E-state index is 14.0. The van der Waals surface area contributed by atoms with E-state index in [0.717, 1.165) is 23.1 Å². The Bertz CT molecular complexity index is 697. The predicted octanol–water partition coefficient (Wildman–Crippen LogP) is 2.98. The summed E-state index contributed by atoms with van der Waals surface area (Å²) in [7, 11) is 0. The Morgan fingerprint density at radius 3 is 2.87 bits per heavy atom. The number of para-hydroxylation sites is 1. The lowest BCUT2D eigenvalue weighted by Gasteiger charge is -2.18. The molecule has 23 heavy (non-hydrogen) atoms. The predicted molar refractivity (Wildman–Crippen MR) is 84.9 cm³/mol. The number of nitrogens with zero attached hydrogens (tertiary/aromatic N) is 2. The van der Waals surface area contributed by atoms with Crippen molar-refractivity contribution in [2.45, 2.75) is 19.8 Å². The molecular formula is C16H15FN2O3S. The number of nitriles is 1. The van der Waals surface area contributed by atoms with Crippen molar-refractivity contribution < 1.29 is 18.7 Å². The Morgan fingerprint density at radius 1 is 1.48 bits per heavy atom. The summed E-state index contributed by atoms with van der Waals surface area (Å²) in [6.45, 7) is 2.15. The number of hydrogen-bond acceptors (Lipinski definition) is 5. The van der Waals surface area contributed by atoms with Crippen molar-refractivity contribution in [1.29, 1.82) is 5.26 Å². The third kappa shape index (κ3) is 3.71. The summed E-state index contributed by atoms with van der Waals surface area (Å²) in [5.41, 5.74) is -0.258. The molecule has 1 saturated heterocycles. The molecule has 0 radical (unpaired) electrons. The maximum Gasteiger partial charge on any atom is 0.351 e. The minimum absolute atomic E-state index is 0.0200. The van der Waals surface area contributed by atoms with E-state index in [1.54, 1.807) is 12.1 Å². The number of rotatable bonds is 5. The van der Waals surface area contributed by atoms with Crippen LogP contribution in [0.2, 0.25) is 0 Å². The molecule has 120 valence electrons. The zero-order valence-corrected chi connectivity index (χ0v) is 13.4. The molecule has 0 saturated carbocycles. The van der Waals surface area contributed by atoms with Crippen LogP contribution in [0, 0.1) is 17.1 Å². The molecule has 0 aliphatic carbocycles. The number of thioether (sulfide) groups is 1. The van der Waals surface area contributed by atoms with Gasteiger partial charge in [0.25, 0.3) is 0 Å². The van der Waals surface area contributed by atoms with E-state index in [-0.39, 0.29) is 34.6 Å². The first-order valence-electron chi connectivity index (χ1n) is 7.12. The minimum Gasteiger partial charge on any atom is -0.462 e. The van der Waals surface area contributed by atoms with Crippen molar-refractivity contribution in [1.82, 2.24) is 0 Å². The molecular weight excluding hydrogens is 319 g/mol. The number of benzene rings is 1. The Kier molecular flexibility index (Phi) is 5.77. The Labute approximate surface area is 137 Å². The molecule has 1 aromatic rings. The first-order valence-corrected chi connectivity index (χ1v) is 8.10. The van der Waals surface area contributed by atoms with E-state index in [4.69, 9.17) is 4.74 Å². The van der Waals surface area contributed by atoms with Crippen LogP contribution in [-0.2, 0) is 14.3 Å². The molecule has 1 aliphatic rings. The van der Waals surface area contributed by atoms with Gasteiger partial charge in [-0.2, -0.15) is 5.26 Å². The van der Waals surface area contributed by atoms with Gasteiger partial charge in [0, 0.05) is 0 Å². The van der Waals surface area contributed by atoms with E-state index in [9.17, 15) is 19.2 Å². The number of amides is 1. The Hall–Kier alpha value is -2.33. The number of hydrogen-bond donors (Lipinski definition) is 0. The van der Waals surface area contributed by atoms with E-state index in [1.807, 2.05) is 6.92 Å². The fraction of sp³-hybridized carbons (Fsp3) is 0.312. The summed E-state index contributed by atoms with van der Waals surface area (Å²) in [5.74, 6) is -1.74. The summed E-state index contributed by atoms with van der Waals surface area (Å²) in [4.78, 5) is 25.2. The van der Waals surface area contributed by atoms with Gasteiger partial charge in [0.15, 0.2) is 5.57 Å². The Morgan fingerprint density at radius 2 is 2.22 bits per heavy atom. The van der Waals surface area contributed by atoms with Crippen molar-refractivity contribution in [3.63, 3.8) is 0 Å². The fourth-order valence-corrected chi connectivity index (χ4v) is 2.99. The molecule has 1 amide bonds. The second-order valence-electron chi connectivity index (χ2n) is 4.75. The van der Waals surface area contributed by atoms with Gasteiger partial charge < -0.3 is 4.74 Å². The first kappa shape index (κ1) is 17.0. The highest BCUT2D eigenvalue weighted by Crippen LogP contribution is 2.37. The van der Waals surface area contributed by atoms with Gasteiger partial charge in [0.05, 0.1) is 18.0 Å². The van der Waals surface area contributed by atoms with Crippen LogP contribution >= 0.6 is 11.8 Å². The second-order valence-corrected chi connectivity index (χ2v) is 5.71. The number of halogens is 1. The topological polar surface area (TPSA) is 70.4 Å². The molecule has 0 aromatic heterocycles. The van der Waals surface area contributed by atoms with Crippen molar-refractivity contribution in [3.05, 3.63) is 40.7 Å². The normalized spacial score (nSPS) is 16.2. The lowest BCUT2D eigenvalue weighted by Crippen LogP contribution is -2.27. The zero-order chi connectivity index (χ0) is 16.8. The summed E-state index contributed by atoms with van der Waals surface area (Å²) in [6.07, 6.45) is 1.53. The van der Waals surface area contributed by atoms with Crippen LogP contribution in [0.4, 0.5) is 10.1 Å². The summed E-state index contributed by atoms with van der Waals surface area (Å²) >= 11 is 1.03. The number of ether oxygens (including phenoxy) is 1. The summed E-state index contributed by atoms with van der Waals surface area (Å²) < 4.78 is 19.0. The molecule has 1 heterocycles. The first-order chi connectivity index (χ1) is 11.1. The largest absolute Gasteiger partial charge is 0.462 e. The Balaban J connectivity index is 2.38. The molecule has 0 bridgehead atoms. The quantitative estimate of drug-likeness (QED) is 0.358. The number of carbonyl (C=O) groups excluding carboxylic acids is 2. The molecule has 0 spiro atoms. The molecule has 1 aliphatic heterocycles. The van der Waals surface area contributed by atoms with Crippen molar-refractivity contribution in [3.8, 4) is 6.07 Å². The summed E-state index contributed by atoms with van der Waals surface area (Å²) in [6, 6.07) is 7.50. The van der Waals surface area contributed by atoms with Gasteiger partial charge in [-0.05, 0) is 18.6 Å². The molecule has 0 atom stereocenters. The molecule has 5 nitrogen and oxygen atoms in total. The van der Waals surface area contributed by atoms with Crippen molar-refractivity contribution in [2.75, 3.05) is 17.3 Å². The van der Waals surface area contributed by atoms with Gasteiger partial charge in [-0.1, -0.05) is 37.2 Å². The van der Waals surface area contributed by atoms with Gasteiger partial charge in [0.2, 0.25) is 5.91 Å². The second kappa shape index (κ2) is 7.79. The summed E-state index contributed by atoms with van der Waals surface area (Å²) in [5, 5.41) is 9.39. The van der Waals surface area contributed by atoms with Crippen LogP contribution in [0.5, 0.6) is 0 Å². The third-order valence-corrected chi connectivity index (χ3v) is 4.19.